The molecule has 1 amide bonds. The monoisotopic (exact) mass is 360 g/mol. The number of carbonyl (C=O) groups is 1. The zero-order valence-electron chi connectivity index (χ0n) is 14.7. The lowest BCUT2D eigenvalue weighted by Crippen LogP contribution is -2.40. The van der Waals surface area contributed by atoms with E-state index in [1.54, 1.807) is 7.11 Å². The molecule has 0 atom stereocenters. The molecule has 1 aliphatic carbocycles. The Bertz CT molecular complexity index is 709. The Morgan fingerprint density at radius 3 is 2.84 bits per heavy atom. The third-order valence-electron chi connectivity index (χ3n) is 4.85. The molecule has 2 aromatic rings. The van der Waals surface area contributed by atoms with Crippen LogP contribution in [0.3, 0.4) is 0 Å². The summed E-state index contributed by atoms with van der Waals surface area (Å²) < 4.78 is 7.38. The second-order valence-electron chi connectivity index (χ2n) is 6.64. The van der Waals surface area contributed by atoms with Crippen LogP contribution in [0.2, 0.25) is 5.02 Å². The Morgan fingerprint density at radius 1 is 1.32 bits per heavy atom. The van der Waals surface area contributed by atoms with Crippen LogP contribution >= 0.6 is 11.6 Å². The molecular formula is C20H25ClN2O2. The van der Waals surface area contributed by atoms with Crippen LogP contribution in [-0.2, 0) is 22.6 Å². The van der Waals surface area contributed by atoms with Crippen molar-refractivity contribution in [3.63, 3.8) is 0 Å². The second-order valence-corrected chi connectivity index (χ2v) is 7.07. The molecule has 3 rings (SSSR count). The molecule has 0 N–H and O–H groups in total. The van der Waals surface area contributed by atoms with Crippen LogP contribution in [0.15, 0.2) is 42.6 Å². The molecule has 25 heavy (non-hydrogen) atoms. The summed E-state index contributed by atoms with van der Waals surface area (Å²) in [7, 11) is 1.67. The Morgan fingerprint density at radius 2 is 2.16 bits per heavy atom. The van der Waals surface area contributed by atoms with E-state index in [9.17, 15) is 4.79 Å². The van der Waals surface area contributed by atoms with E-state index in [1.165, 1.54) is 6.42 Å². The summed E-state index contributed by atoms with van der Waals surface area (Å²) in [5.41, 5.74) is 2.28. The summed E-state index contributed by atoms with van der Waals surface area (Å²) in [6, 6.07) is 12.0. The van der Waals surface area contributed by atoms with E-state index >= 15 is 0 Å². The van der Waals surface area contributed by atoms with E-state index in [4.69, 9.17) is 16.3 Å². The highest BCUT2D eigenvalue weighted by atomic mass is 35.5. The van der Waals surface area contributed by atoms with Gasteiger partial charge in [-0.25, -0.2) is 0 Å². The van der Waals surface area contributed by atoms with Gasteiger partial charge in [0.1, 0.15) is 0 Å². The van der Waals surface area contributed by atoms with Crippen molar-refractivity contribution in [2.75, 3.05) is 20.3 Å². The van der Waals surface area contributed by atoms with Gasteiger partial charge in [-0.05, 0) is 42.7 Å². The van der Waals surface area contributed by atoms with Gasteiger partial charge in [-0.1, -0.05) is 30.2 Å². The molecule has 1 aliphatic rings. The van der Waals surface area contributed by atoms with E-state index in [2.05, 4.69) is 22.9 Å². The Balaban J connectivity index is 1.71. The zero-order valence-corrected chi connectivity index (χ0v) is 15.4. The first-order valence-electron chi connectivity index (χ1n) is 8.83. The molecule has 5 heteroatoms. The summed E-state index contributed by atoms with van der Waals surface area (Å²) >= 11 is 6.09. The van der Waals surface area contributed by atoms with Gasteiger partial charge < -0.3 is 14.2 Å². The molecule has 0 bridgehead atoms. The lowest BCUT2D eigenvalue weighted by molar-refractivity contribution is -0.139. The van der Waals surface area contributed by atoms with Crippen LogP contribution in [0.5, 0.6) is 0 Å². The van der Waals surface area contributed by atoms with Gasteiger partial charge in [0, 0.05) is 43.0 Å². The molecular weight excluding hydrogens is 336 g/mol. The van der Waals surface area contributed by atoms with Crippen LogP contribution in [0, 0.1) is 5.92 Å². The minimum Gasteiger partial charge on any atom is -0.383 e. The number of benzene rings is 1. The maximum absolute atomic E-state index is 12.7. The fourth-order valence-electron chi connectivity index (χ4n) is 3.16. The molecule has 0 saturated heterocycles. The predicted molar refractivity (Wildman–Crippen MR) is 99.6 cm³/mol. The predicted octanol–water partition coefficient (Wildman–Crippen LogP) is 3.96. The molecule has 0 spiro atoms. The van der Waals surface area contributed by atoms with Crippen LogP contribution in [-0.4, -0.2) is 35.6 Å². The fraction of sp³-hybridized carbons (Fsp3) is 0.450. The highest BCUT2D eigenvalue weighted by molar-refractivity contribution is 6.30. The molecule has 134 valence electrons. The molecule has 1 fully saturated rings. The van der Waals surface area contributed by atoms with E-state index in [0.29, 0.717) is 19.7 Å². The largest absolute Gasteiger partial charge is 0.383 e. The first-order chi connectivity index (χ1) is 12.2. The van der Waals surface area contributed by atoms with Gasteiger partial charge in [0.15, 0.2) is 0 Å². The number of ether oxygens (including phenoxy) is 1. The Labute approximate surface area is 154 Å². The minimum atomic E-state index is 0.202. The summed E-state index contributed by atoms with van der Waals surface area (Å²) in [6.45, 7) is 2.56. The molecule has 1 heterocycles. The maximum atomic E-state index is 12.7. The molecule has 1 aromatic carbocycles. The van der Waals surface area contributed by atoms with E-state index < -0.39 is 0 Å². The number of carbonyl (C=O) groups excluding carboxylic acids is 1. The lowest BCUT2D eigenvalue weighted by atomic mass is 9.84. The maximum Gasteiger partial charge on any atom is 0.226 e. The average Bonchev–Trinajstić information content (AvgIpc) is 2.96. The van der Waals surface area contributed by atoms with Crippen LogP contribution in [0.25, 0.3) is 0 Å². The number of methoxy groups -OCH3 is 1. The molecule has 1 saturated carbocycles. The SMILES string of the molecule is COCCN(Cc1cccn1Cc1cccc(Cl)c1)C(=O)C1CCC1. The first kappa shape index (κ1) is 18.0. The Hall–Kier alpha value is -1.78. The van der Waals surface area contributed by atoms with E-state index in [1.807, 2.05) is 29.2 Å². The Kier molecular flexibility index (Phi) is 6.16. The van der Waals surface area contributed by atoms with E-state index in [-0.39, 0.29) is 11.8 Å². The number of halogens is 1. The molecule has 0 aliphatic heterocycles. The number of amides is 1. The lowest BCUT2D eigenvalue weighted by Gasteiger charge is -2.32. The summed E-state index contributed by atoms with van der Waals surface area (Å²) in [6.07, 6.45) is 5.26. The smallest absolute Gasteiger partial charge is 0.226 e. The fourth-order valence-corrected chi connectivity index (χ4v) is 3.37. The van der Waals surface area contributed by atoms with Crippen molar-refractivity contribution in [1.82, 2.24) is 9.47 Å². The van der Waals surface area contributed by atoms with Crippen molar-refractivity contribution in [1.29, 1.82) is 0 Å². The van der Waals surface area contributed by atoms with Crippen LogP contribution in [0.1, 0.15) is 30.5 Å². The first-order valence-corrected chi connectivity index (χ1v) is 9.21. The molecule has 0 radical (unpaired) electrons. The average molecular weight is 361 g/mol. The van der Waals surface area contributed by atoms with Gasteiger partial charge in [-0.3, -0.25) is 4.79 Å². The van der Waals surface area contributed by atoms with Gasteiger partial charge in [0.25, 0.3) is 0 Å². The number of rotatable bonds is 8. The van der Waals surface area contributed by atoms with Crippen molar-refractivity contribution in [3.05, 3.63) is 58.9 Å². The number of hydrogen-bond acceptors (Lipinski definition) is 2. The number of aromatic nitrogens is 1. The second kappa shape index (κ2) is 8.54. The quantitative estimate of drug-likeness (QED) is 0.714. The van der Waals surface area contributed by atoms with Gasteiger partial charge in [0.2, 0.25) is 5.91 Å². The molecule has 4 nitrogen and oxygen atoms in total. The summed E-state index contributed by atoms with van der Waals surface area (Å²) in [5.74, 6) is 0.465. The molecule has 0 unspecified atom stereocenters. The summed E-state index contributed by atoms with van der Waals surface area (Å²) in [5, 5.41) is 0.744. The highest BCUT2D eigenvalue weighted by Gasteiger charge is 2.29. The topological polar surface area (TPSA) is 34.5 Å². The normalized spacial score (nSPS) is 14.3. The molecule has 1 aromatic heterocycles. The third kappa shape index (κ3) is 4.65. The van der Waals surface area contributed by atoms with Gasteiger partial charge >= 0.3 is 0 Å². The van der Waals surface area contributed by atoms with E-state index in [0.717, 1.165) is 35.7 Å². The van der Waals surface area contributed by atoms with Crippen molar-refractivity contribution in [2.45, 2.75) is 32.4 Å². The van der Waals surface area contributed by atoms with Crippen molar-refractivity contribution in [3.8, 4) is 0 Å². The van der Waals surface area contributed by atoms with Crippen molar-refractivity contribution >= 4 is 17.5 Å². The van der Waals surface area contributed by atoms with Crippen molar-refractivity contribution in [2.24, 2.45) is 5.92 Å². The van der Waals surface area contributed by atoms with Crippen molar-refractivity contribution < 1.29 is 9.53 Å². The standard InChI is InChI=1S/C20H25ClN2O2/c1-25-12-11-23(20(24)17-6-3-7-17)15-19-9-4-10-22(19)14-16-5-2-8-18(21)13-16/h2,4-5,8-10,13,17H,3,6-7,11-12,14-15H2,1H3. The van der Waals surface area contributed by atoms with Crippen LogP contribution < -0.4 is 0 Å². The zero-order chi connectivity index (χ0) is 17.6. The van der Waals surface area contributed by atoms with Gasteiger partial charge in [-0.2, -0.15) is 0 Å². The van der Waals surface area contributed by atoms with Gasteiger partial charge in [-0.15, -0.1) is 0 Å². The van der Waals surface area contributed by atoms with Gasteiger partial charge in [0.05, 0.1) is 13.2 Å². The third-order valence-corrected chi connectivity index (χ3v) is 5.08. The highest BCUT2D eigenvalue weighted by Crippen LogP contribution is 2.28. The van der Waals surface area contributed by atoms with Crippen LogP contribution in [0.4, 0.5) is 0 Å². The minimum absolute atomic E-state index is 0.202. The number of nitrogens with zero attached hydrogens (tertiary/aromatic N) is 2. The summed E-state index contributed by atoms with van der Waals surface area (Å²) in [4.78, 5) is 14.7. The number of hydrogen-bond donors (Lipinski definition) is 0.